The molecule has 1 aromatic heterocycles. The molecule has 2 amide bonds. The fraction of sp³-hybridized carbons (Fsp3) is 0.375. The van der Waals surface area contributed by atoms with Gasteiger partial charge in [-0.25, -0.2) is 9.78 Å². The average Bonchev–Trinajstić information content (AvgIpc) is 3.27. The molecule has 1 unspecified atom stereocenters. The maximum absolute atomic E-state index is 12.4. The van der Waals surface area contributed by atoms with E-state index in [-0.39, 0.29) is 12.1 Å². The second-order valence-corrected chi connectivity index (χ2v) is 6.13. The van der Waals surface area contributed by atoms with E-state index in [9.17, 15) is 4.79 Å². The van der Waals surface area contributed by atoms with Gasteiger partial charge in [-0.15, -0.1) is 0 Å². The normalized spacial score (nSPS) is 16.8. The van der Waals surface area contributed by atoms with Gasteiger partial charge >= 0.3 is 6.03 Å². The van der Waals surface area contributed by atoms with E-state index in [0.29, 0.717) is 35.5 Å². The second-order valence-electron chi connectivity index (χ2n) is 5.27. The van der Waals surface area contributed by atoms with Crippen LogP contribution < -0.4 is 19.5 Å². The third kappa shape index (κ3) is 3.70. The Hall–Kier alpha value is -2.48. The number of anilines is 1. The van der Waals surface area contributed by atoms with Gasteiger partial charge in [-0.2, -0.15) is 0 Å². The SMILES string of the molecule is COc1ccc(NC(=O)N2CCC(Oc3nccs3)C2)c(OC)c1. The van der Waals surface area contributed by atoms with Crippen LogP contribution in [0, 0.1) is 0 Å². The molecule has 1 N–H and O–H groups in total. The van der Waals surface area contributed by atoms with Crippen molar-refractivity contribution in [3.05, 3.63) is 29.8 Å². The summed E-state index contributed by atoms with van der Waals surface area (Å²) in [4.78, 5) is 18.3. The van der Waals surface area contributed by atoms with Gasteiger partial charge in [0.25, 0.3) is 5.19 Å². The first-order chi connectivity index (χ1) is 11.7. The van der Waals surface area contributed by atoms with Crippen molar-refractivity contribution in [2.24, 2.45) is 0 Å². The zero-order valence-corrected chi connectivity index (χ0v) is 14.3. The van der Waals surface area contributed by atoms with Gasteiger partial charge in [0.05, 0.1) is 26.5 Å². The van der Waals surface area contributed by atoms with Crippen molar-refractivity contribution in [3.63, 3.8) is 0 Å². The third-order valence-corrected chi connectivity index (χ3v) is 4.42. The second kappa shape index (κ2) is 7.39. The summed E-state index contributed by atoms with van der Waals surface area (Å²) in [5.41, 5.74) is 0.604. The Kier molecular flexibility index (Phi) is 5.05. The van der Waals surface area contributed by atoms with Gasteiger partial charge < -0.3 is 24.4 Å². The molecular formula is C16H19N3O4S. The molecule has 1 aliphatic rings. The van der Waals surface area contributed by atoms with Crippen LogP contribution in [0.15, 0.2) is 29.8 Å². The Bertz CT molecular complexity index is 693. The van der Waals surface area contributed by atoms with Gasteiger partial charge in [0.15, 0.2) is 0 Å². The van der Waals surface area contributed by atoms with Crippen LogP contribution in [0.25, 0.3) is 0 Å². The van der Waals surface area contributed by atoms with Gasteiger partial charge in [-0.05, 0) is 12.1 Å². The number of carbonyl (C=O) groups excluding carboxylic acids is 1. The zero-order chi connectivity index (χ0) is 16.9. The summed E-state index contributed by atoms with van der Waals surface area (Å²) in [6.45, 7) is 1.17. The minimum absolute atomic E-state index is 0.0281. The summed E-state index contributed by atoms with van der Waals surface area (Å²) in [5.74, 6) is 1.22. The number of ether oxygens (including phenoxy) is 3. The smallest absolute Gasteiger partial charge is 0.322 e. The van der Waals surface area contributed by atoms with Crippen molar-refractivity contribution >= 4 is 23.1 Å². The number of rotatable bonds is 5. The highest BCUT2D eigenvalue weighted by atomic mass is 32.1. The molecule has 1 saturated heterocycles. The van der Waals surface area contributed by atoms with Crippen molar-refractivity contribution in [1.82, 2.24) is 9.88 Å². The van der Waals surface area contributed by atoms with E-state index in [0.717, 1.165) is 6.42 Å². The van der Waals surface area contributed by atoms with Crippen LogP contribution in [0.2, 0.25) is 0 Å². The molecule has 1 aliphatic heterocycles. The number of nitrogens with one attached hydrogen (secondary N) is 1. The summed E-state index contributed by atoms with van der Waals surface area (Å²) >= 11 is 1.45. The van der Waals surface area contributed by atoms with Crippen LogP contribution in [0.5, 0.6) is 16.7 Å². The van der Waals surface area contributed by atoms with E-state index < -0.39 is 0 Å². The number of carbonyl (C=O) groups is 1. The number of amides is 2. The molecular weight excluding hydrogens is 330 g/mol. The third-order valence-electron chi connectivity index (χ3n) is 3.76. The number of aromatic nitrogens is 1. The predicted octanol–water partition coefficient (Wildman–Crippen LogP) is 2.85. The molecule has 0 bridgehead atoms. The maximum Gasteiger partial charge on any atom is 0.322 e. The molecule has 0 aliphatic carbocycles. The Morgan fingerprint density at radius 2 is 2.25 bits per heavy atom. The molecule has 0 saturated carbocycles. The number of likely N-dealkylation sites (tertiary alicyclic amines) is 1. The molecule has 1 fully saturated rings. The van der Waals surface area contributed by atoms with Gasteiger partial charge in [0.1, 0.15) is 17.6 Å². The minimum atomic E-state index is -0.177. The van der Waals surface area contributed by atoms with E-state index in [2.05, 4.69) is 10.3 Å². The summed E-state index contributed by atoms with van der Waals surface area (Å²) in [7, 11) is 3.14. The van der Waals surface area contributed by atoms with Crippen molar-refractivity contribution in [1.29, 1.82) is 0 Å². The summed E-state index contributed by atoms with van der Waals surface area (Å²) in [5, 5.41) is 5.38. The number of benzene rings is 1. The van der Waals surface area contributed by atoms with Crippen molar-refractivity contribution < 1.29 is 19.0 Å². The molecule has 8 heteroatoms. The minimum Gasteiger partial charge on any atom is -0.497 e. The highest BCUT2D eigenvalue weighted by molar-refractivity contribution is 7.11. The number of hydrogen-bond donors (Lipinski definition) is 1. The van der Waals surface area contributed by atoms with E-state index in [1.807, 2.05) is 5.38 Å². The first-order valence-electron chi connectivity index (χ1n) is 7.53. The molecule has 0 radical (unpaired) electrons. The van der Waals surface area contributed by atoms with Crippen molar-refractivity contribution in [3.8, 4) is 16.7 Å². The molecule has 1 atom stereocenters. The van der Waals surface area contributed by atoms with Crippen LogP contribution in [0.3, 0.4) is 0 Å². The Morgan fingerprint density at radius 3 is 2.96 bits per heavy atom. The lowest BCUT2D eigenvalue weighted by Gasteiger charge is -2.18. The molecule has 128 valence electrons. The standard InChI is InChI=1S/C16H19N3O4S/c1-21-11-3-4-13(14(9-11)22-2)18-15(20)19-7-5-12(10-19)23-16-17-6-8-24-16/h3-4,6,8-9,12H,5,7,10H2,1-2H3,(H,18,20). The molecule has 7 nitrogen and oxygen atoms in total. The topological polar surface area (TPSA) is 72.9 Å². The molecule has 24 heavy (non-hydrogen) atoms. The first kappa shape index (κ1) is 16.4. The number of urea groups is 1. The first-order valence-corrected chi connectivity index (χ1v) is 8.41. The van der Waals surface area contributed by atoms with Crippen LogP contribution >= 0.6 is 11.3 Å². The van der Waals surface area contributed by atoms with Crippen LogP contribution in [0.1, 0.15) is 6.42 Å². The highest BCUT2D eigenvalue weighted by Gasteiger charge is 2.28. The molecule has 1 aromatic carbocycles. The Balaban J connectivity index is 1.59. The summed E-state index contributed by atoms with van der Waals surface area (Å²) < 4.78 is 16.2. The largest absolute Gasteiger partial charge is 0.497 e. The Labute approximate surface area is 144 Å². The van der Waals surface area contributed by atoms with Gasteiger partial charge in [-0.1, -0.05) is 11.3 Å². The van der Waals surface area contributed by atoms with Gasteiger partial charge in [-0.3, -0.25) is 0 Å². The number of hydrogen-bond acceptors (Lipinski definition) is 6. The summed E-state index contributed by atoms with van der Waals surface area (Å²) in [6, 6.07) is 5.09. The van der Waals surface area contributed by atoms with Crippen LogP contribution in [-0.2, 0) is 0 Å². The van der Waals surface area contributed by atoms with E-state index >= 15 is 0 Å². The Morgan fingerprint density at radius 1 is 1.38 bits per heavy atom. The lowest BCUT2D eigenvalue weighted by atomic mass is 10.2. The predicted molar refractivity (Wildman–Crippen MR) is 91.3 cm³/mol. The monoisotopic (exact) mass is 349 g/mol. The zero-order valence-electron chi connectivity index (χ0n) is 13.5. The number of thiazole rings is 1. The molecule has 2 heterocycles. The van der Waals surface area contributed by atoms with Crippen LogP contribution in [-0.4, -0.2) is 49.3 Å². The maximum atomic E-state index is 12.4. The lowest BCUT2D eigenvalue weighted by Crippen LogP contribution is -2.34. The molecule has 3 rings (SSSR count). The number of methoxy groups -OCH3 is 2. The quantitative estimate of drug-likeness (QED) is 0.898. The van der Waals surface area contributed by atoms with E-state index in [1.165, 1.54) is 11.3 Å². The lowest BCUT2D eigenvalue weighted by molar-refractivity contribution is 0.194. The average molecular weight is 349 g/mol. The summed E-state index contributed by atoms with van der Waals surface area (Å²) in [6.07, 6.45) is 2.46. The molecule has 0 spiro atoms. The van der Waals surface area contributed by atoms with Gasteiger partial charge in [0.2, 0.25) is 0 Å². The van der Waals surface area contributed by atoms with E-state index in [4.69, 9.17) is 14.2 Å². The fourth-order valence-corrected chi connectivity index (χ4v) is 3.07. The van der Waals surface area contributed by atoms with E-state index in [1.54, 1.807) is 43.5 Å². The highest BCUT2D eigenvalue weighted by Crippen LogP contribution is 2.29. The van der Waals surface area contributed by atoms with Crippen molar-refractivity contribution in [2.75, 3.05) is 32.6 Å². The molecule has 2 aromatic rings. The van der Waals surface area contributed by atoms with Crippen LogP contribution in [0.4, 0.5) is 10.5 Å². The fourth-order valence-electron chi connectivity index (χ4n) is 2.52. The van der Waals surface area contributed by atoms with Crippen molar-refractivity contribution in [2.45, 2.75) is 12.5 Å². The number of nitrogens with zero attached hydrogens (tertiary/aromatic N) is 2. The van der Waals surface area contributed by atoms with Gasteiger partial charge in [0, 0.05) is 30.6 Å².